The zero-order chi connectivity index (χ0) is 20.2. The summed E-state index contributed by atoms with van der Waals surface area (Å²) >= 11 is 1.63. The maximum Gasteiger partial charge on any atom is 0.262 e. The number of hydrogen-bond acceptors (Lipinski definition) is 5. The molecule has 6 nitrogen and oxygen atoms in total. The number of ether oxygens (including phenoxy) is 1. The van der Waals surface area contributed by atoms with Gasteiger partial charge in [0, 0.05) is 16.8 Å². The van der Waals surface area contributed by atoms with Gasteiger partial charge in [-0.1, -0.05) is 12.1 Å². The molecule has 3 aromatic carbocycles. The van der Waals surface area contributed by atoms with Crippen LogP contribution in [0.5, 0.6) is 5.75 Å². The highest BCUT2D eigenvalue weighted by Gasteiger charge is 2.08. The van der Waals surface area contributed by atoms with E-state index in [0.717, 1.165) is 20.8 Å². The number of thiazole rings is 1. The Morgan fingerprint density at radius 1 is 0.966 bits per heavy atom. The molecule has 0 atom stereocenters. The summed E-state index contributed by atoms with van der Waals surface area (Å²) in [6, 6.07) is 21.8. The maximum atomic E-state index is 12.1. The van der Waals surface area contributed by atoms with Gasteiger partial charge in [0.2, 0.25) is 5.91 Å². The van der Waals surface area contributed by atoms with E-state index in [1.165, 1.54) is 0 Å². The van der Waals surface area contributed by atoms with Crippen LogP contribution >= 0.6 is 11.3 Å². The van der Waals surface area contributed by atoms with Crippen molar-refractivity contribution in [3.63, 3.8) is 0 Å². The smallest absolute Gasteiger partial charge is 0.262 e. The van der Waals surface area contributed by atoms with Gasteiger partial charge in [-0.05, 0) is 60.7 Å². The summed E-state index contributed by atoms with van der Waals surface area (Å²) in [5, 5.41) is 3.65. The van der Waals surface area contributed by atoms with Crippen LogP contribution in [0.15, 0.2) is 72.8 Å². The molecule has 0 unspecified atom stereocenters. The SMILES string of the molecule is NC(=O)c1ccc(NC(=O)COc2ccc(-c3nc4ccccc4s3)cc2)cc1. The van der Waals surface area contributed by atoms with Crippen LogP contribution in [-0.4, -0.2) is 23.4 Å². The van der Waals surface area contributed by atoms with Crippen LogP contribution in [0, 0.1) is 0 Å². The standard InChI is InChI=1S/C22H17N3O3S/c23-21(27)14-5-9-16(10-6-14)24-20(26)13-28-17-11-7-15(8-12-17)22-25-18-3-1-2-4-19(18)29-22/h1-12H,13H2,(H2,23,27)(H,24,26). The average molecular weight is 403 g/mol. The lowest BCUT2D eigenvalue weighted by atomic mass is 10.2. The summed E-state index contributed by atoms with van der Waals surface area (Å²) in [5.74, 6) is -0.221. The first kappa shape index (κ1) is 18.6. The van der Waals surface area contributed by atoms with Crippen LogP contribution < -0.4 is 15.8 Å². The largest absolute Gasteiger partial charge is 0.484 e. The van der Waals surface area contributed by atoms with Crippen molar-refractivity contribution >= 4 is 39.1 Å². The minimum atomic E-state index is -0.513. The van der Waals surface area contributed by atoms with E-state index >= 15 is 0 Å². The fourth-order valence-electron chi connectivity index (χ4n) is 2.75. The summed E-state index contributed by atoms with van der Waals surface area (Å²) in [5.41, 5.74) is 8.12. The van der Waals surface area contributed by atoms with E-state index in [1.54, 1.807) is 35.6 Å². The molecule has 0 saturated carbocycles. The molecular weight excluding hydrogens is 386 g/mol. The van der Waals surface area contributed by atoms with Crippen molar-refractivity contribution in [2.45, 2.75) is 0 Å². The lowest BCUT2D eigenvalue weighted by molar-refractivity contribution is -0.118. The second kappa shape index (κ2) is 8.12. The molecule has 0 aliphatic carbocycles. The number of para-hydroxylation sites is 1. The molecule has 4 aromatic rings. The fraction of sp³-hybridized carbons (Fsp3) is 0.0455. The van der Waals surface area contributed by atoms with E-state index in [1.807, 2.05) is 48.5 Å². The van der Waals surface area contributed by atoms with E-state index < -0.39 is 5.91 Å². The fourth-order valence-corrected chi connectivity index (χ4v) is 3.72. The van der Waals surface area contributed by atoms with Crippen LogP contribution in [0.1, 0.15) is 10.4 Å². The first-order valence-corrected chi connectivity index (χ1v) is 9.69. The molecular formula is C22H17N3O3S. The van der Waals surface area contributed by atoms with Gasteiger partial charge in [-0.3, -0.25) is 9.59 Å². The molecule has 0 aliphatic heterocycles. The number of hydrogen-bond donors (Lipinski definition) is 2. The van der Waals surface area contributed by atoms with Crippen LogP contribution in [0.2, 0.25) is 0 Å². The van der Waals surface area contributed by atoms with E-state index in [4.69, 9.17) is 10.5 Å². The monoisotopic (exact) mass is 403 g/mol. The second-order valence-corrected chi connectivity index (χ2v) is 7.32. The Bertz CT molecular complexity index is 1140. The summed E-state index contributed by atoms with van der Waals surface area (Å²) < 4.78 is 6.69. The van der Waals surface area contributed by atoms with Crippen molar-refractivity contribution in [3.8, 4) is 16.3 Å². The maximum absolute atomic E-state index is 12.1. The Kier molecular flexibility index (Phi) is 5.22. The molecule has 7 heteroatoms. The van der Waals surface area contributed by atoms with Gasteiger partial charge in [-0.15, -0.1) is 11.3 Å². The number of aromatic nitrogens is 1. The van der Waals surface area contributed by atoms with Crippen LogP contribution in [-0.2, 0) is 4.79 Å². The van der Waals surface area contributed by atoms with E-state index in [0.29, 0.717) is 17.0 Å². The molecule has 0 spiro atoms. The normalized spacial score (nSPS) is 10.6. The third-order valence-electron chi connectivity index (χ3n) is 4.22. The Balaban J connectivity index is 1.35. The predicted octanol–water partition coefficient (Wildman–Crippen LogP) is 4.08. The van der Waals surface area contributed by atoms with Gasteiger partial charge in [-0.25, -0.2) is 4.98 Å². The summed E-state index contributed by atoms with van der Waals surface area (Å²) in [7, 11) is 0. The number of nitrogens with two attached hydrogens (primary N) is 1. The molecule has 0 saturated heterocycles. The topological polar surface area (TPSA) is 94.3 Å². The number of fused-ring (bicyclic) bond motifs is 1. The summed E-state index contributed by atoms with van der Waals surface area (Å²) in [6.45, 7) is -0.127. The molecule has 2 amide bonds. The van der Waals surface area contributed by atoms with Gasteiger partial charge < -0.3 is 15.8 Å². The first-order chi connectivity index (χ1) is 14.1. The van der Waals surface area contributed by atoms with Crippen molar-refractivity contribution in [2.24, 2.45) is 5.73 Å². The number of amides is 2. The zero-order valence-electron chi connectivity index (χ0n) is 15.3. The molecule has 1 heterocycles. The van der Waals surface area contributed by atoms with Gasteiger partial charge >= 0.3 is 0 Å². The highest BCUT2D eigenvalue weighted by Crippen LogP contribution is 2.30. The number of benzene rings is 3. The summed E-state index contributed by atoms with van der Waals surface area (Å²) in [4.78, 5) is 27.8. The molecule has 0 aliphatic rings. The Labute approximate surface area is 171 Å². The number of nitrogens with one attached hydrogen (secondary N) is 1. The van der Waals surface area contributed by atoms with Gasteiger partial charge in [0.15, 0.2) is 6.61 Å². The Hall–Kier alpha value is -3.71. The quantitative estimate of drug-likeness (QED) is 0.507. The summed E-state index contributed by atoms with van der Waals surface area (Å²) in [6.07, 6.45) is 0. The minimum Gasteiger partial charge on any atom is -0.484 e. The van der Waals surface area contributed by atoms with Gasteiger partial charge in [-0.2, -0.15) is 0 Å². The third-order valence-corrected chi connectivity index (χ3v) is 5.30. The molecule has 1 aromatic heterocycles. The molecule has 0 radical (unpaired) electrons. The first-order valence-electron chi connectivity index (χ1n) is 8.87. The number of nitrogens with zero attached hydrogens (tertiary/aromatic N) is 1. The highest BCUT2D eigenvalue weighted by atomic mass is 32.1. The van der Waals surface area contributed by atoms with Gasteiger partial charge in [0.1, 0.15) is 10.8 Å². The van der Waals surface area contributed by atoms with E-state index in [9.17, 15) is 9.59 Å². The van der Waals surface area contributed by atoms with Crippen molar-refractivity contribution in [1.29, 1.82) is 0 Å². The lowest BCUT2D eigenvalue weighted by Crippen LogP contribution is -2.20. The van der Waals surface area contributed by atoms with Gasteiger partial charge in [0.05, 0.1) is 10.2 Å². The predicted molar refractivity (Wildman–Crippen MR) is 114 cm³/mol. The highest BCUT2D eigenvalue weighted by molar-refractivity contribution is 7.21. The molecule has 0 fully saturated rings. The zero-order valence-corrected chi connectivity index (χ0v) is 16.1. The molecule has 0 bridgehead atoms. The van der Waals surface area contributed by atoms with Crippen molar-refractivity contribution in [1.82, 2.24) is 4.98 Å². The number of carbonyl (C=O) groups is 2. The Morgan fingerprint density at radius 3 is 2.38 bits per heavy atom. The van der Waals surface area contributed by atoms with Crippen molar-refractivity contribution in [2.75, 3.05) is 11.9 Å². The van der Waals surface area contributed by atoms with Crippen molar-refractivity contribution in [3.05, 3.63) is 78.4 Å². The third kappa shape index (κ3) is 4.41. The van der Waals surface area contributed by atoms with E-state index in [-0.39, 0.29) is 12.5 Å². The molecule has 144 valence electrons. The molecule has 4 rings (SSSR count). The second-order valence-electron chi connectivity index (χ2n) is 6.29. The number of primary amides is 1. The van der Waals surface area contributed by atoms with Crippen molar-refractivity contribution < 1.29 is 14.3 Å². The lowest BCUT2D eigenvalue weighted by Gasteiger charge is -2.08. The van der Waals surface area contributed by atoms with Crippen LogP contribution in [0.4, 0.5) is 5.69 Å². The van der Waals surface area contributed by atoms with Gasteiger partial charge in [0.25, 0.3) is 5.91 Å². The number of anilines is 1. The minimum absolute atomic E-state index is 0.127. The van der Waals surface area contributed by atoms with Crippen LogP contribution in [0.25, 0.3) is 20.8 Å². The molecule has 3 N–H and O–H groups in total. The molecule has 29 heavy (non-hydrogen) atoms. The Morgan fingerprint density at radius 2 is 1.69 bits per heavy atom. The number of rotatable bonds is 6. The van der Waals surface area contributed by atoms with E-state index in [2.05, 4.69) is 10.3 Å². The van der Waals surface area contributed by atoms with Crippen LogP contribution in [0.3, 0.4) is 0 Å². The number of carbonyl (C=O) groups excluding carboxylic acids is 2. The average Bonchev–Trinajstić information content (AvgIpc) is 3.17.